The lowest BCUT2D eigenvalue weighted by Gasteiger charge is -2.33. The number of rotatable bonds is 5. The van der Waals surface area contributed by atoms with Gasteiger partial charge < -0.3 is 0 Å². The number of likely N-dealkylation sites (tertiary alicyclic amines) is 1. The second kappa shape index (κ2) is 4.21. The second-order valence-electron chi connectivity index (χ2n) is 7.40. The zero-order valence-corrected chi connectivity index (χ0v) is 11.7. The largest absolute Gasteiger partial charge is 0.300 e. The van der Waals surface area contributed by atoms with Gasteiger partial charge in [0.1, 0.15) is 5.54 Å². The standard InChI is InChI=1S/C15H25N3/c1-14(2)7-8-18(10-14)11-15(9-16,12-3-4-12)17-13-5-6-13/h12-13,17H,3-8,10-11H2,1-2H3. The maximum atomic E-state index is 9.71. The molecule has 1 atom stereocenters. The van der Waals surface area contributed by atoms with Crippen LogP contribution in [-0.4, -0.2) is 36.1 Å². The highest BCUT2D eigenvalue weighted by Crippen LogP contribution is 2.42. The van der Waals surface area contributed by atoms with Gasteiger partial charge in [0, 0.05) is 19.1 Å². The number of hydrogen-bond donors (Lipinski definition) is 1. The lowest BCUT2D eigenvalue weighted by Crippen LogP contribution is -2.55. The second-order valence-corrected chi connectivity index (χ2v) is 7.40. The fourth-order valence-electron chi connectivity index (χ4n) is 3.33. The summed E-state index contributed by atoms with van der Waals surface area (Å²) in [6.07, 6.45) is 6.28. The summed E-state index contributed by atoms with van der Waals surface area (Å²) in [6, 6.07) is 3.28. The van der Waals surface area contributed by atoms with Crippen molar-refractivity contribution in [2.24, 2.45) is 11.3 Å². The van der Waals surface area contributed by atoms with Gasteiger partial charge in [0.2, 0.25) is 0 Å². The molecule has 2 saturated carbocycles. The van der Waals surface area contributed by atoms with E-state index in [0.29, 0.717) is 17.4 Å². The van der Waals surface area contributed by atoms with Gasteiger partial charge in [-0.3, -0.25) is 10.2 Å². The monoisotopic (exact) mass is 247 g/mol. The molecule has 100 valence electrons. The quantitative estimate of drug-likeness (QED) is 0.809. The van der Waals surface area contributed by atoms with Gasteiger partial charge >= 0.3 is 0 Å². The zero-order valence-electron chi connectivity index (χ0n) is 11.7. The highest BCUT2D eigenvalue weighted by molar-refractivity contribution is 5.19. The van der Waals surface area contributed by atoms with Crippen molar-refractivity contribution >= 4 is 0 Å². The fourth-order valence-corrected chi connectivity index (χ4v) is 3.33. The Morgan fingerprint density at radius 3 is 2.50 bits per heavy atom. The van der Waals surface area contributed by atoms with Gasteiger partial charge in [-0.1, -0.05) is 13.8 Å². The van der Waals surface area contributed by atoms with Gasteiger partial charge in [-0.2, -0.15) is 5.26 Å². The van der Waals surface area contributed by atoms with Crippen molar-refractivity contribution in [3.63, 3.8) is 0 Å². The third-order valence-electron chi connectivity index (χ3n) is 4.74. The Morgan fingerprint density at radius 2 is 2.06 bits per heavy atom. The minimum atomic E-state index is -0.248. The van der Waals surface area contributed by atoms with E-state index in [4.69, 9.17) is 0 Å². The van der Waals surface area contributed by atoms with Crippen molar-refractivity contribution < 1.29 is 0 Å². The molecule has 3 nitrogen and oxygen atoms in total. The summed E-state index contributed by atoms with van der Waals surface area (Å²) in [5, 5.41) is 13.4. The lowest BCUT2D eigenvalue weighted by atomic mass is 9.92. The summed E-state index contributed by atoms with van der Waals surface area (Å²) >= 11 is 0. The molecule has 3 fully saturated rings. The first-order chi connectivity index (χ1) is 8.53. The molecule has 0 spiro atoms. The van der Waals surface area contributed by atoms with Gasteiger partial charge in [-0.15, -0.1) is 0 Å². The topological polar surface area (TPSA) is 39.1 Å². The van der Waals surface area contributed by atoms with Crippen molar-refractivity contribution in [1.82, 2.24) is 10.2 Å². The number of nitriles is 1. The summed E-state index contributed by atoms with van der Waals surface area (Å²) in [7, 11) is 0. The lowest BCUT2D eigenvalue weighted by molar-refractivity contribution is 0.209. The number of nitrogens with zero attached hydrogens (tertiary/aromatic N) is 2. The molecule has 3 aliphatic rings. The minimum absolute atomic E-state index is 0.248. The van der Waals surface area contributed by atoms with Crippen LogP contribution in [0.3, 0.4) is 0 Å². The van der Waals surface area contributed by atoms with Crippen LogP contribution < -0.4 is 5.32 Å². The summed E-state index contributed by atoms with van der Waals surface area (Å²) in [4.78, 5) is 2.51. The van der Waals surface area contributed by atoms with E-state index in [9.17, 15) is 5.26 Å². The fraction of sp³-hybridized carbons (Fsp3) is 0.933. The van der Waals surface area contributed by atoms with Crippen LogP contribution in [0.15, 0.2) is 0 Å². The van der Waals surface area contributed by atoms with E-state index in [0.717, 1.165) is 19.6 Å². The Bertz CT molecular complexity index is 362. The van der Waals surface area contributed by atoms with E-state index in [1.807, 2.05) is 0 Å². The van der Waals surface area contributed by atoms with Gasteiger partial charge in [-0.25, -0.2) is 0 Å². The van der Waals surface area contributed by atoms with Crippen LogP contribution in [0.2, 0.25) is 0 Å². The van der Waals surface area contributed by atoms with Gasteiger partial charge in [0.15, 0.2) is 0 Å². The van der Waals surface area contributed by atoms with Gasteiger partial charge in [-0.05, 0) is 50.0 Å². The van der Waals surface area contributed by atoms with Crippen molar-refractivity contribution in [3.05, 3.63) is 0 Å². The highest BCUT2D eigenvalue weighted by Gasteiger charge is 2.49. The summed E-state index contributed by atoms with van der Waals surface area (Å²) in [5.41, 5.74) is 0.186. The summed E-state index contributed by atoms with van der Waals surface area (Å²) in [6.45, 7) is 7.93. The first-order valence-electron chi connectivity index (χ1n) is 7.44. The number of nitrogens with one attached hydrogen (secondary N) is 1. The minimum Gasteiger partial charge on any atom is -0.300 e. The molecule has 0 aromatic heterocycles. The normalized spacial score (nSPS) is 30.9. The molecule has 0 aromatic carbocycles. The molecule has 1 aliphatic heterocycles. The van der Waals surface area contributed by atoms with E-state index < -0.39 is 0 Å². The molecule has 0 bridgehead atoms. The first kappa shape index (κ1) is 12.4. The first-order valence-corrected chi connectivity index (χ1v) is 7.44. The van der Waals surface area contributed by atoms with E-state index >= 15 is 0 Å². The maximum absolute atomic E-state index is 9.71. The van der Waals surface area contributed by atoms with Crippen LogP contribution in [0, 0.1) is 22.7 Å². The van der Waals surface area contributed by atoms with Crippen molar-refractivity contribution in [3.8, 4) is 6.07 Å². The zero-order chi connectivity index (χ0) is 12.8. The Morgan fingerprint density at radius 1 is 1.33 bits per heavy atom. The molecule has 18 heavy (non-hydrogen) atoms. The molecular weight excluding hydrogens is 222 g/mol. The molecule has 3 rings (SSSR count). The van der Waals surface area contributed by atoms with Gasteiger partial charge in [0.25, 0.3) is 0 Å². The van der Waals surface area contributed by atoms with Crippen LogP contribution in [0.4, 0.5) is 0 Å². The smallest absolute Gasteiger partial charge is 0.122 e. The Kier molecular flexibility index (Phi) is 2.91. The third-order valence-corrected chi connectivity index (χ3v) is 4.74. The molecule has 1 unspecified atom stereocenters. The van der Waals surface area contributed by atoms with Crippen LogP contribution in [-0.2, 0) is 0 Å². The molecule has 1 saturated heterocycles. The van der Waals surface area contributed by atoms with Crippen molar-refractivity contribution in [2.45, 2.75) is 57.5 Å². The molecule has 3 heteroatoms. The Balaban J connectivity index is 1.67. The van der Waals surface area contributed by atoms with Crippen LogP contribution in [0.5, 0.6) is 0 Å². The molecule has 0 amide bonds. The SMILES string of the molecule is CC1(C)CCN(CC(C#N)(NC2CC2)C2CC2)C1. The highest BCUT2D eigenvalue weighted by atomic mass is 15.2. The predicted molar refractivity (Wildman–Crippen MR) is 72.1 cm³/mol. The van der Waals surface area contributed by atoms with Crippen LogP contribution >= 0.6 is 0 Å². The molecule has 1 heterocycles. The third kappa shape index (κ3) is 2.55. The molecule has 1 N–H and O–H groups in total. The van der Waals surface area contributed by atoms with E-state index in [2.05, 4.69) is 30.1 Å². The van der Waals surface area contributed by atoms with E-state index in [-0.39, 0.29) is 5.54 Å². The van der Waals surface area contributed by atoms with Crippen LogP contribution in [0.1, 0.15) is 46.0 Å². The van der Waals surface area contributed by atoms with E-state index in [1.54, 1.807) is 0 Å². The van der Waals surface area contributed by atoms with E-state index in [1.165, 1.54) is 32.1 Å². The summed E-state index contributed by atoms with van der Waals surface area (Å²) in [5.74, 6) is 0.604. The van der Waals surface area contributed by atoms with Crippen LogP contribution in [0.25, 0.3) is 0 Å². The molecule has 0 aromatic rings. The number of hydrogen-bond acceptors (Lipinski definition) is 3. The van der Waals surface area contributed by atoms with Crippen molar-refractivity contribution in [1.29, 1.82) is 5.26 Å². The molecular formula is C15H25N3. The Labute approximate surface area is 111 Å². The van der Waals surface area contributed by atoms with Crippen molar-refractivity contribution in [2.75, 3.05) is 19.6 Å². The summed E-state index contributed by atoms with van der Waals surface area (Å²) < 4.78 is 0. The Hall–Kier alpha value is -0.590. The maximum Gasteiger partial charge on any atom is 0.122 e. The molecule has 2 aliphatic carbocycles. The average molecular weight is 247 g/mol. The molecule has 0 radical (unpaired) electrons. The predicted octanol–water partition coefficient (Wildman–Crippen LogP) is 2.14. The van der Waals surface area contributed by atoms with Gasteiger partial charge in [0.05, 0.1) is 6.07 Å². The average Bonchev–Trinajstić information content (AvgIpc) is 3.18.